The van der Waals surface area contributed by atoms with Gasteiger partial charge in [-0.1, -0.05) is 19.9 Å². The molecule has 0 aromatic heterocycles. The van der Waals surface area contributed by atoms with Crippen molar-refractivity contribution in [1.82, 2.24) is 4.90 Å². The fourth-order valence-corrected chi connectivity index (χ4v) is 2.40. The van der Waals surface area contributed by atoms with Gasteiger partial charge in [0.1, 0.15) is 0 Å². The molecule has 0 saturated carbocycles. The van der Waals surface area contributed by atoms with Crippen molar-refractivity contribution < 1.29 is 9.53 Å². The van der Waals surface area contributed by atoms with Gasteiger partial charge >= 0.3 is 0 Å². The second kappa shape index (κ2) is 8.23. The van der Waals surface area contributed by atoms with Crippen LogP contribution in [0.4, 0.5) is 0 Å². The summed E-state index contributed by atoms with van der Waals surface area (Å²) >= 11 is 4.29. The average molecular weight is 281 g/mol. The topological polar surface area (TPSA) is 29.5 Å². The monoisotopic (exact) mass is 281 g/mol. The van der Waals surface area contributed by atoms with E-state index in [1.807, 2.05) is 29.2 Å². The predicted molar refractivity (Wildman–Crippen MR) is 81.0 cm³/mol. The van der Waals surface area contributed by atoms with E-state index in [4.69, 9.17) is 4.74 Å². The van der Waals surface area contributed by atoms with Crippen molar-refractivity contribution in [3.63, 3.8) is 0 Å². The summed E-state index contributed by atoms with van der Waals surface area (Å²) in [7, 11) is 1.66. The molecule has 0 saturated heterocycles. The van der Waals surface area contributed by atoms with E-state index < -0.39 is 0 Å². The average Bonchev–Trinajstić information content (AvgIpc) is 2.43. The summed E-state index contributed by atoms with van der Waals surface area (Å²) in [5.41, 5.74) is 0.690. The lowest BCUT2D eigenvalue weighted by atomic mass is 10.1. The molecule has 3 nitrogen and oxygen atoms in total. The summed E-state index contributed by atoms with van der Waals surface area (Å²) < 4.78 is 5.11. The van der Waals surface area contributed by atoms with Crippen molar-refractivity contribution >= 4 is 18.5 Å². The fraction of sp³-hybridized carbons (Fsp3) is 0.533. The molecule has 1 aromatic rings. The Balaban J connectivity index is 2.92. The van der Waals surface area contributed by atoms with E-state index in [0.29, 0.717) is 18.7 Å². The Hall–Kier alpha value is -1.00. The summed E-state index contributed by atoms with van der Waals surface area (Å²) in [6.45, 7) is 5.40. The van der Waals surface area contributed by atoms with Gasteiger partial charge in [0.15, 0.2) is 0 Å². The van der Waals surface area contributed by atoms with Crippen LogP contribution in [0, 0.1) is 0 Å². The number of rotatable bonds is 7. The SMILES string of the molecule is CCC(CC)N(CCOC)C(=O)c1cccc(S)c1. The van der Waals surface area contributed by atoms with Crippen molar-refractivity contribution in [2.75, 3.05) is 20.3 Å². The zero-order valence-electron chi connectivity index (χ0n) is 11.9. The molecule has 0 radical (unpaired) electrons. The number of benzene rings is 1. The minimum Gasteiger partial charge on any atom is -0.383 e. The van der Waals surface area contributed by atoms with E-state index in [1.165, 1.54) is 0 Å². The minimum atomic E-state index is 0.0571. The van der Waals surface area contributed by atoms with Gasteiger partial charge in [-0.25, -0.2) is 0 Å². The largest absolute Gasteiger partial charge is 0.383 e. The Kier molecular flexibility index (Phi) is 6.95. The molecule has 1 aromatic carbocycles. The van der Waals surface area contributed by atoms with E-state index in [2.05, 4.69) is 26.5 Å². The molecule has 1 rings (SSSR count). The standard InChI is InChI=1S/C15H23NO2S/c1-4-13(5-2)16(9-10-18-3)15(17)12-7-6-8-14(19)11-12/h6-8,11,13,19H,4-5,9-10H2,1-3H3. The summed E-state index contributed by atoms with van der Waals surface area (Å²) in [4.78, 5) is 15.3. The molecular formula is C15H23NO2S. The van der Waals surface area contributed by atoms with Crippen LogP contribution in [0.25, 0.3) is 0 Å². The Bertz CT molecular complexity index is 405. The molecule has 106 valence electrons. The lowest BCUT2D eigenvalue weighted by molar-refractivity contribution is 0.0589. The van der Waals surface area contributed by atoms with Gasteiger partial charge in [-0.05, 0) is 31.0 Å². The number of amides is 1. The van der Waals surface area contributed by atoms with Crippen LogP contribution in [0.3, 0.4) is 0 Å². The van der Waals surface area contributed by atoms with Crippen molar-refractivity contribution in [2.45, 2.75) is 37.6 Å². The number of methoxy groups -OCH3 is 1. The molecule has 19 heavy (non-hydrogen) atoms. The fourth-order valence-electron chi connectivity index (χ4n) is 2.17. The van der Waals surface area contributed by atoms with Gasteiger partial charge < -0.3 is 9.64 Å². The first-order chi connectivity index (χ1) is 9.13. The van der Waals surface area contributed by atoms with Crippen molar-refractivity contribution in [3.8, 4) is 0 Å². The van der Waals surface area contributed by atoms with Crippen LogP contribution in [0.1, 0.15) is 37.0 Å². The van der Waals surface area contributed by atoms with Crippen LogP contribution in [0.2, 0.25) is 0 Å². The normalized spacial score (nSPS) is 10.8. The van der Waals surface area contributed by atoms with Crippen LogP contribution in [0.15, 0.2) is 29.2 Å². The van der Waals surface area contributed by atoms with Crippen molar-refractivity contribution in [3.05, 3.63) is 29.8 Å². The molecule has 4 heteroatoms. The smallest absolute Gasteiger partial charge is 0.254 e. The van der Waals surface area contributed by atoms with Crippen LogP contribution in [-0.4, -0.2) is 37.1 Å². The second-order valence-electron chi connectivity index (χ2n) is 4.51. The zero-order valence-corrected chi connectivity index (χ0v) is 12.8. The Morgan fingerprint density at radius 2 is 2.05 bits per heavy atom. The van der Waals surface area contributed by atoms with E-state index in [1.54, 1.807) is 7.11 Å². The third kappa shape index (κ3) is 4.55. The second-order valence-corrected chi connectivity index (χ2v) is 5.03. The number of carbonyl (C=O) groups excluding carboxylic acids is 1. The third-order valence-electron chi connectivity index (χ3n) is 3.27. The molecule has 1 amide bonds. The zero-order chi connectivity index (χ0) is 14.3. The minimum absolute atomic E-state index is 0.0571. The van der Waals surface area contributed by atoms with Gasteiger partial charge in [0, 0.05) is 30.2 Å². The number of hydrogen-bond acceptors (Lipinski definition) is 3. The number of carbonyl (C=O) groups is 1. The van der Waals surface area contributed by atoms with E-state index in [-0.39, 0.29) is 11.9 Å². The lowest BCUT2D eigenvalue weighted by Gasteiger charge is -2.30. The Morgan fingerprint density at radius 3 is 2.58 bits per heavy atom. The maximum absolute atomic E-state index is 12.6. The third-order valence-corrected chi connectivity index (χ3v) is 3.55. The summed E-state index contributed by atoms with van der Waals surface area (Å²) in [5, 5.41) is 0. The van der Waals surface area contributed by atoms with Crippen molar-refractivity contribution in [2.24, 2.45) is 0 Å². The highest BCUT2D eigenvalue weighted by molar-refractivity contribution is 7.80. The highest BCUT2D eigenvalue weighted by Crippen LogP contribution is 2.16. The molecular weight excluding hydrogens is 258 g/mol. The quantitative estimate of drug-likeness (QED) is 0.777. The number of nitrogens with zero attached hydrogens (tertiary/aromatic N) is 1. The Labute approximate surface area is 121 Å². The molecule has 0 aliphatic rings. The molecule has 0 heterocycles. The predicted octanol–water partition coefficient (Wildman–Crippen LogP) is 3.25. The van der Waals surface area contributed by atoms with Crippen molar-refractivity contribution in [1.29, 1.82) is 0 Å². The maximum Gasteiger partial charge on any atom is 0.254 e. The molecule has 0 aliphatic carbocycles. The van der Waals surface area contributed by atoms with Crippen LogP contribution >= 0.6 is 12.6 Å². The van der Waals surface area contributed by atoms with Gasteiger partial charge in [-0.2, -0.15) is 0 Å². The van der Waals surface area contributed by atoms with Crippen LogP contribution in [-0.2, 0) is 4.74 Å². The van der Waals surface area contributed by atoms with Crippen LogP contribution < -0.4 is 0 Å². The van der Waals surface area contributed by atoms with E-state index >= 15 is 0 Å². The number of ether oxygens (including phenoxy) is 1. The molecule has 0 bridgehead atoms. The van der Waals surface area contributed by atoms with Gasteiger partial charge in [0.25, 0.3) is 5.91 Å². The van der Waals surface area contributed by atoms with Gasteiger partial charge in [-0.15, -0.1) is 12.6 Å². The highest BCUT2D eigenvalue weighted by Gasteiger charge is 2.22. The maximum atomic E-state index is 12.6. The summed E-state index contributed by atoms with van der Waals surface area (Å²) in [6, 6.07) is 7.64. The number of thiol groups is 1. The van der Waals surface area contributed by atoms with Gasteiger partial charge in [-0.3, -0.25) is 4.79 Å². The lowest BCUT2D eigenvalue weighted by Crippen LogP contribution is -2.41. The summed E-state index contributed by atoms with van der Waals surface area (Å²) in [6.07, 6.45) is 1.90. The molecule has 0 aliphatic heterocycles. The first kappa shape index (κ1) is 16.1. The van der Waals surface area contributed by atoms with Gasteiger partial charge in [0.05, 0.1) is 6.61 Å². The van der Waals surface area contributed by atoms with Crippen LogP contribution in [0.5, 0.6) is 0 Å². The number of hydrogen-bond donors (Lipinski definition) is 1. The Morgan fingerprint density at radius 1 is 1.37 bits per heavy atom. The molecule has 0 spiro atoms. The highest BCUT2D eigenvalue weighted by atomic mass is 32.1. The van der Waals surface area contributed by atoms with E-state index in [0.717, 1.165) is 17.7 Å². The summed E-state index contributed by atoms with van der Waals surface area (Å²) in [5.74, 6) is 0.0571. The molecule has 0 unspecified atom stereocenters. The molecule has 0 atom stereocenters. The molecule has 0 fully saturated rings. The molecule has 0 N–H and O–H groups in total. The van der Waals surface area contributed by atoms with E-state index in [9.17, 15) is 4.79 Å². The first-order valence-corrected chi connectivity index (χ1v) is 7.17. The van der Waals surface area contributed by atoms with Gasteiger partial charge in [0.2, 0.25) is 0 Å². The first-order valence-electron chi connectivity index (χ1n) is 6.72.